The molecular weight excluding hydrogens is 1350 g/mol. The quantitative estimate of drug-likeness (QED) is 0.114. The van der Waals surface area contributed by atoms with Crippen LogP contribution in [0.15, 0.2) is 219 Å². The zero-order valence-electron chi connectivity index (χ0n) is 70.6. The van der Waals surface area contributed by atoms with Crippen LogP contribution in [-0.2, 0) is 48.1 Å². The van der Waals surface area contributed by atoms with E-state index < -0.39 is 0 Å². The first-order valence-corrected chi connectivity index (χ1v) is 39.7. The number of fused-ring (bicyclic) bond motifs is 5. The van der Waals surface area contributed by atoms with Gasteiger partial charge in [0, 0.05) is 34.3 Å². The molecule has 10 nitrogen and oxygen atoms in total. The molecule has 15 aromatic rings. The maximum Gasteiger partial charge on any atom is 0.331 e. The Morgan fingerprint density at radius 2 is 0.757 bits per heavy atom. The predicted octanol–water partition coefficient (Wildman–Crippen LogP) is 22.2. The van der Waals surface area contributed by atoms with E-state index in [2.05, 4.69) is 409 Å². The van der Waals surface area contributed by atoms with Gasteiger partial charge in [-0.2, -0.15) is 9.13 Å². The summed E-state index contributed by atoms with van der Waals surface area (Å²) in [6.45, 7) is 41.8. The lowest BCUT2D eigenvalue weighted by molar-refractivity contribution is -0.661. The highest BCUT2D eigenvalue weighted by Gasteiger charge is 2.25. The highest BCUT2D eigenvalue weighted by Crippen LogP contribution is 2.34. The van der Waals surface area contributed by atoms with Gasteiger partial charge in [-0.05, 0) is 248 Å². The van der Waals surface area contributed by atoms with Crippen molar-refractivity contribution in [2.75, 3.05) is 0 Å². The van der Waals surface area contributed by atoms with Crippen molar-refractivity contribution in [3.8, 4) is 56.7 Å². The van der Waals surface area contributed by atoms with E-state index in [1.807, 2.05) is 0 Å². The summed E-state index contributed by atoms with van der Waals surface area (Å²) in [6, 6.07) is 66.9. The molecule has 7 aromatic heterocycles. The Bertz CT molecular complexity index is 5850. The summed E-state index contributed by atoms with van der Waals surface area (Å²) in [5.41, 5.74) is 32.0. The number of aromatic nitrogens is 10. The summed E-state index contributed by atoms with van der Waals surface area (Å²) in [5, 5.41) is 6.01. The second kappa shape index (κ2) is 35.3. The van der Waals surface area contributed by atoms with E-state index in [0.29, 0.717) is 29.6 Å². The van der Waals surface area contributed by atoms with E-state index in [-0.39, 0.29) is 0 Å². The molecule has 0 spiro atoms. The van der Waals surface area contributed by atoms with Crippen LogP contribution >= 0.6 is 0 Å². The Kier molecular flexibility index (Phi) is 25.7. The lowest BCUT2D eigenvalue weighted by Gasteiger charge is -2.12. The fraction of sp³-hybridized carbons (Fsp3) is 0.307. The molecule has 8 aromatic carbocycles. The van der Waals surface area contributed by atoms with Crippen LogP contribution in [0.25, 0.3) is 111 Å². The van der Waals surface area contributed by atoms with Crippen LogP contribution < -0.4 is 22.8 Å². The molecule has 0 aliphatic rings. The van der Waals surface area contributed by atoms with Crippen LogP contribution in [0.1, 0.15) is 165 Å². The molecule has 0 N–H and O–H groups in total. The van der Waals surface area contributed by atoms with Gasteiger partial charge in [-0.15, -0.1) is 0 Å². The van der Waals surface area contributed by atoms with E-state index in [1.165, 1.54) is 139 Å². The SMILES string of the molecule is Cc1cc(C)c(C)c(-c2c3nc(C(C)C)ccc3cc[n+]2C)c1.Cc1cc(C)c(C)c(-c2c3nc(CC(C)C)ccc3cc[n+]2C)c1.Cc1ccccc1-c1nc2cc(C(C)C)ccc2c[n+]1C.Cc1ccccc1-c1nc2cc(CC(C)C)ccc2c[n+]1C.Cc1ccccc1-c1nc2cccc(C(C)C)c2c[n+]1C. The molecule has 0 unspecified atom stereocenters. The molecule has 0 saturated heterocycles. The first-order chi connectivity index (χ1) is 52.9. The molecule has 10 heteroatoms. The van der Waals surface area contributed by atoms with Crippen molar-refractivity contribution >= 4 is 54.5 Å². The molecule has 111 heavy (non-hydrogen) atoms. The number of benzene rings is 8. The summed E-state index contributed by atoms with van der Waals surface area (Å²) in [5.74, 6) is 5.77. The first-order valence-electron chi connectivity index (χ1n) is 39.7. The third kappa shape index (κ3) is 18.9. The van der Waals surface area contributed by atoms with E-state index in [0.717, 1.165) is 63.6 Å². The van der Waals surface area contributed by atoms with Gasteiger partial charge in [0.05, 0.1) is 65.1 Å². The second-order valence-corrected chi connectivity index (χ2v) is 32.6. The largest absolute Gasteiger partial charge is 0.331 e. The van der Waals surface area contributed by atoms with Gasteiger partial charge in [-0.1, -0.05) is 183 Å². The third-order valence-electron chi connectivity index (χ3n) is 21.4. The molecule has 566 valence electrons. The standard InChI is InChI=1S/C22H27N2.C21H25N2.C20H23N2.2C19H21N2/c1-14(2)11-19-8-7-18-9-10-24(6)22(21(18)23-19)20-13-15(3)12-16(4)17(20)5;1-13(2)19-8-7-17-9-10-23(6)21(20(17)22-19)18-12-14(3)11-15(4)16(18)5;1-14(2)11-16-9-10-17-13-22(4)20(21-19(17)12-16)18-8-6-5-7-15(18)3;1-13(2)15-10-7-11-18-17(15)12-21(4)19(20-18)16-9-6-5-8-14(16)3;1-13(2)15-9-10-16-12-21(4)19(20-18(16)11-15)17-8-6-5-7-14(17)3/h7-10,12-14H,11H2,1-6H3;7-13H,1-6H3;5-10,12-14H,11H2,1-4H3;2*5-13H,1-4H3/q5*+1. The maximum absolute atomic E-state index is 5.03. The molecule has 15 rings (SSSR count). The zero-order valence-corrected chi connectivity index (χ0v) is 70.6. The van der Waals surface area contributed by atoms with Crippen LogP contribution in [-0.4, -0.2) is 24.9 Å². The van der Waals surface area contributed by atoms with Crippen LogP contribution in [0.3, 0.4) is 0 Å². The summed E-state index contributed by atoms with van der Waals surface area (Å²) >= 11 is 0. The summed E-state index contributed by atoms with van der Waals surface area (Å²) in [6.07, 6.45) is 12.9. The van der Waals surface area contributed by atoms with Gasteiger partial charge >= 0.3 is 17.5 Å². The van der Waals surface area contributed by atoms with Crippen molar-refractivity contribution in [1.82, 2.24) is 24.9 Å². The summed E-state index contributed by atoms with van der Waals surface area (Å²) in [4.78, 5) is 24.8. The first kappa shape index (κ1) is 80.9. The molecular formula is C101H117N10+5. The number of aryl methyl sites for hydroxylation is 12. The third-order valence-corrected chi connectivity index (χ3v) is 21.4. The molecule has 0 aliphatic heterocycles. The van der Waals surface area contributed by atoms with Crippen molar-refractivity contribution < 1.29 is 22.8 Å². The average Bonchev–Trinajstić information content (AvgIpc) is 0.784. The van der Waals surface area contributed by atoms with Gasteiger partial charge in [0.25, 0.3) is 0 Å². The van der Waals surface area contributed by atoms with E-state index in [4.69, 9.17) is 24.9 Å². The van der Waals surface area contributed by atoms with Crippen molar-refractivity contribution in [3.63, 3.8) is 0 Å². The zero-order chi connectivity index (χ0) is 79.8. The Labute approximate surface area is 661 Å². The molecule has 0 bridgehead atoms. The Morgan fingerprint density at radius 1 is 0.315 bits per heavy atom. The van der Waals surface area contributed by atoms with Crippen LogP contribution in [0.2, 0.25) is 0 Å². The van der Waals surface area contributed by atoms with E-state index in [1.54, 1.807) is 0 Å². The molecule has 0 atom stereocenters. The Morgan fingerprint density at radius 3 is 1.23 bits per heavy atom. The molecule has 7 heterocycles. The highest BCUT2D eigenvalue weighted by atomic mass is 15.0. The van der Waals surface area contributed by atoms with Crippen LogP contribution in [0, 0.1) is 74.1 Å². The van der Waals surface area contributed by atoms with Crippen LogP contribution in [0.5, 0.6) is 0 Å². The smallest absolute Gasteiger partial charge is 0.246 e. The predicted molar refractivity (Wildman–Crippen MR) is 464 cm³/mol. The number of rotatable bonds is 12. The summed E-state index contributed by atoms with van der Waals surface area (Å²) < 4.78 is 10.8. The average molecular weight is 1470 g/mol. The van der Waals surface area contributed by atoms with Crippen molar-refractivity contribution in [2.24, 2.45) is 47.1 Å². The second-order valence-electron chi connectivity index (χ2n) is 32.6. The fourth-order valence-corrected chi connectivity index (χ4v) is 15.0. The van der Waals surface area contributed by atoms with Gasteiger partial charge < -0.3 is 0 Å². The maximum atomic E-state index is 5.03. The van der Waals surface area contributed by atoms with Gasteiger partial charge in [-0.3, -0.25) is 0 Å². The van der Waals surface area contributed by atoms with Crippen LogP contribution in [0.4, 0.5) is 0 Å². The Balaban J connectivity index is 0.000000138. The molecule has 0 fully saturated rings. The minimum absolute atomic E-state index is 0.429. The number of hydrogen-bond donors (Lipinski definition) is 0. The molecule has 0 radical (unpaired) electrons. The van der Waals surface area contributed by atoms with E-state index in [9.17, 15) is 0 Å². The molecule has 0 amide bonds. The number of pyridine rings is 4. The van der Waals surface area contributed by atoms with Gasteiger partial charge in [-0.25, -0.2) is 23.7 Å². The lowest BCUT2D eigenvalue weighted by atomic mass is 9.96. The monoisotopic (exact) mass is 1470 g/mol. The van der Waals surface area contributed by atoms with Crippen molar-refractivity contribution in [3.05, 3.63) is 297 Å². The fourth-order valence-electron chi connectivity index (χ4n) is 15.0. The highest BCUT2D eigenvalue weighted by molar-refractivity contribution is 5.92. The topological polar surface area (TPSA) is 83.8 Å². The van der Waals surface area contributed by atoms with Gasteiger partial charge in [0.2, 0.25) is 11.4 Å². The van der Waals surface area contributed by atoms with Crippen molar-refractivity contribution in [2.45, 2.75) is 162 Å². The minimum atomic E-state index is 0.429. The van der Waals surface area contributed by atoms with Gasteiger partial charge in [0.15, 0.2) is 28.9 Å². The van der Waals surface area contributed by atoms with E-state index >= 15 is 0 Å². The molecule has 0 saturated carbocycles. The van der Waals surface area contributed by atoms with Gasteiger partial charge in [0.1, 0.15) is 43.7 Å². The van der Waals surface area contributed by atoms with Crippen molar-refractivity contribution in [1.29, 1.82) is 0 Å². The number of nitrogens with zero attached hydrogens (tertiary/aromatic N) is 10. The lowest BCUT2D eigenvalue weighted by Crippen LogP contribution is -2.32. The minimum Gasteiger partial charge on any atom is -0.246 e. The normalized spacial score (nSPS) is 11.4. The number of hydrogen-bond acceptors (Lipinski definition) is 5. The molecule has 0 aliphatic carbocycles. The Hall–Kier alpha value is -11.1. The summed E-state index contributed by atoms with van der Waals surface area (Å²) in [7, 11) is 10.4.